The summed E-state index contributed by atoms with van der Waals surface area (Å²) in [5.41, 5.74) is -7.56. The molecule has 0 aliphatic rings. The number of nitrogens with one attached hydrogen (secondary N) is 1. The molecular formula is C26H18N6O17S4. The maximum atomic E-state index is 13.5. The zero-order valence-corrected chi connectivity index (χ0v) is 29.0. The van der Waals surface area contributed by atoms with Crippen molar-refractivity contribution in [1.29, 1.82) is 0 Å². The maximum Gasteiger partial charge on any atom is 0.298 e. The molecule has 27 heteroatoms. The summed E-state index contributed by atoms with van der Waals surface area (Å²) in [5.74, 6) is -0.504. The summed E-state index contributed by atoms with van der Waals surface area (Å²) in [7, 11) is -22.3. The molecule has 0 fully saturated rings. The molecule has 4 N–H and O–H groups in total. The smallest absolute Gasteiger partial charge is 0.298 e. The average molecular weight is 815 g/mol. The number of nitrogens with zero attached hydrogens (tertiary/aromatic N) is 5. The van der Waals surface area contributed by atoms with Gasteiger partial charge in [0.25, 0.3) is 48.1 Å². The van der Waals surface area contributed by atoms with Crippen LogP contribution >= 0.6 is 0 Å². The van der Waals surface area contributed by atoms with E-state index in [4.69, 9.17) is 4.74 Å². The van der Waals surface area contributed by atoms with E-state index in [-0.39, 0.29) is 6.07 Å². The molecule has 0 aliphatic carbocycles. The van der Waals surface area contributed by atoms with Gasteiger partial charge in [-0.2, -0.15) is 25.3 Å². The van der Waals surface area contributed by atoms with Gasteiger partial charge in [0, 0.05) is 46.0 Å². The molecule has 0 radical (unpaired) electrons. The zero-order valence-electron chi connectivity index (χ0n) is 25.8. The van der Waals surface area contributed by atoms with E-state index < -0.39 is 126 Å². The number of aromatic nitrogens is 4. The number of H-pyrrole nitrogens is 1. The van der Waals surface area contributed by atoms with Crippen LogP contribution in [0.2, 0.25) is 0 Å². The number of hydrogen-bond donors (Lipinski definition) is 4. The van der Waals surface area contributed by atoms with Gasteiger partial charge in [-0.15, -0.1) is 4.68 Å². The normalized spacial score (nSPS) is 12.4. The van der Waals surface area contributed by atoms with Crippen LogP contribution in [-0.2, 0) is 40.5 Å². The van der Waals surface area contributed by atoms with Crippen molar-refractivity contribution in [1.82, 2.24) is 15.5 Å². The Labute approximate surface area is 296 Å². The van der Waals surface area contributed by atoms with E-state index in [2.05, 4.69) is 15.5 Å². The number of rotatable bonds is 11. The summed E-state index contributed by atoms with van der Waals surface area (Å²) in [5, 5.41) is 32.3. The van der Waals surface area contributed by atoms with Gasteiger partial charge >= 0.3 is 0 Å². The molecule has 278 valence electrons. The highest BCUT2D eigenvalue weighted by Crippen LogP contribution is 2.52. The Bertz CT molecular complexity index is 2810. The Morgan fingerprint density at radius 3 is 1.77 bits per heavy atom. The van der Waals surface area contributed by atoms with E-state index in [9.17, 15) is 72.1 Å². The minimum Gasteiger partial charge on any atom is -0.744 e. The van der Waals surface area contributed by atoms with E-state index in [0.717, 1.165) is 55.9 Å². The number of methoxy groups -OCH3 is 1. The molecule has 5 rings (SSSR count). The standard InChI is InChI=1S/C26H18N6O17S4/c1-49-19-10-15(32(35)36)6-8-17(19)22-21(13-2-4-14(5-3-13)31(33)34)25(52(43,44)45)23(26(53(46,47)48)24(22)30-12-27-28-29-30)18-9-7-16(50(37,38)39)11-20(18)51(40,41)42/h2-12H,1H3,(H4,37,38,39,40,41,42,43,44,45,46,47,48). The van der Waals surface area contributed by atoms with Crippen LogP contribution in [0, 0.1) is 20.2 Å². The van der Waals surface area contributed by atoms with Gasteiger partial charge in [-0.05, 0) is 35.9 Å². The SMILES string of the molecule is COc1cc([N+](=O)[O-])ccc1-c1c(-c2ccc([N+](=O)[O-])cc2)c(S(=O)(=O)[O-])c(-c2ccc(S(=O)(=O)O)cc2S(=O)(=O)O)c(S(=O)(=O)O)c1-[n+]1cnn[nH]1. The van der Waals surface area contributed by atoms with Crippen molar-refractivity contribution >= 4 is 51.8 Å². The molecule has 0 aliphatic heterocycles. The molecule has 1 heterocycles. The number of nitro benzene ring substituents is 2. The number of tetrazole rings is 1. The minimum absolute atomic E-state index is 0.0817. The van der Waals surface area contributed by atoms with Crippen molar-refractivity contribution < 1.29 is 71.1 Å². The highest BCUT2D eigenvalue weighted by Gasteiger charge is 2.40. The lowest BCUT2D eigenvalue weighted by Crippen LogP contribution is -2.36. The van der Waals surface area contributed by atoms with Gasteiger partial charge in [0.1, 0.15) is 30.8 Å². The number of hydrogen-bond acceptors (Lipinski definition) is 16. The van der Waals surface area contributed by atoms with Gasteiger partial charge in [-0.3, -0.25) is 33.9 Å². The second-order valence-corrected chi connectivity index (χ2v) is 15.9. The number of aromatic amines is 1. The molecule has 5 aromatic rings. The molecule has 23 nitrogen and oxygen atoms in total. The fraction of sp³-hybridized carbons (Fsp3) is 0.0385. The number of nitro groups is 2. The van der Waals surface area contributed by atoms with Crippen molar-refractivity contribution in [2.75, 3.05) is 7.11 Å². The van der Waals surface area contributed by atoms with Crippen LogP contribution in [0.3, 0.4) is 0 Å². The Kier molecular flexibility index (Phi) is 9.65. The van der Waals surface area contributed by atoms with E-state index in [1.807, 2.05) is 0 Å². The first-order chi connectivity index (χ1) is 24.5. The minimum atomic E-state index is -6.23. The van der Waals surface area contributed by atoms with Crippen molar-refractivity contribution in [3.63, 3.8) is 0 Å². The summed E-state index contributed by atoms with van der Waals surface area (Å²) >= 11 is 0. The Morgan fingerprint density at radius 1 is 0.717 bits per heavy atom. The summed E-state index contributed by atoms with van der Waals surface area (Å²) in [4.78, 5) is 15.2. The summed E-state index contributed by atoms with van der Waals surface area (Å²) in [6.07, 6.45) is 0.727. The van der Waals surface area contributed by atoms with Crippen molar-refractivity contribution in [3.8, 4) is 44.8 Å². The third-order valence-electron chi connectivity index (χ3n) is 7.34. The van der Waals surface area contributed by atoms with Crippen LogP contribution < -0.4 is 9.42 Å². The van der Waals surface area contributed by atoms with Crippen molar-refractivity contribution in [3.05, 3.63) is 87.2 Å². The van der Waals surface area contributed by atoms with Crippen molar-refractivity contribution in [2.45, 2.75) is 19.6 Å². The lowest BCUT2D eigenvalue weighted by Gasteiger charge is -2.27. The summed E-state index contributed by atoms with van der Waals surface area (Å²) < 4.78 is 153. The molecule has 53 heavy (non-hydrogen) atoms. The maximum absolute atomic E-state index is 13.5. The molecule has 0 saturated heterocycles. The zero-order chi connectivity index (χ0) is 39.4. The Hall–Kier alpha value is -5.81. The molecular weight excluding hydrogens is 797 g/mol. The van der Waals surface area contributed by atoms with E-state index >= 15 is 0 Å². The van der Waals surface area contributed by atoms with E-state index in [1.165, 1.54) is 0 Å². The Balaban J connectivity index is 2.26. The van der Waals surface area contributed by atoms with Crippen LogP contribution in [0.5, 0.6) is 5.75 Å². The predicted octanol–water partition coefficient (Wildman–Crippen LogP) is 1.55. The van der Waals surface area contributed by atoms with Gasteiger partial charge in [-0.1, -0.05) is 11.3 Å². The van der Waals surface area contributed by atoms with Crippen LogP contribution in [-0.4, -0.2) is 84.4 Å². The first kappa shape index (κ1) is 38.4. The molecule has 0 spiro atoms. The lowest BCUT2D eigenvalue weighted by atomic mass is 9.88. The van der Waals surface area contributed by atoms with Gasteiger partial charge in [0.05, 0.1) is 32.8 Å². The van der Waals surface area contributed by atoms with E-state index in [1.54, 1.807) is 0 Å². The number of non-ortho nitro benzene ring substituents is 2. The summed E-state index contributed by atoms with van der Waals surface area (Å²) in [6, 6.07) is 6.84. The van der Waals surface area contributed by atoms with Crippen molar-refractivity contribution in [2.24, 2.45) is 0 Å². The molecule has 0 atom stereocenters. The van der Waals surface area contributed by atoms with Crippen LogP contribution in [0.1, 0.15) is 0 Å². The largest absolute Gasteiger partial charge is 0.744 e. The molecule has 4 aromatic carbocycles. The second kappa shape index (κ2) is 13.3. The number of benzene rings is 4. The average Bonchev–Trinajstić information content (AvgIpc) is 3.59. The third-order valence-corrected chi connectivity index (χ3v) is 10.9. The van der Waals surface area contributed by atoms with Crippen LogP contribution in [0.25, 0.3) is 39.1 Å². The van der Waals surface area contributed by atoms with Gasteiger partial charge < -0.3 is 9.29 Å². The highest BCUT2D eigenvalue weighted by atomic mass is 32.2. The molecule has 1 aromatic heterocycles. The predicted molar refractivity (Wildman–Crippen MR) is 171 cm³/mol. The lowest BCUT2D eigenvalue weighted by molar-refractivity contribution is -0.662. The van der Waals surface area contributed by atoms with Crippen LogP contribution in [0.4, 0.5) is 11.4 Å². The molecule has 0 bridgehead atoms. The quantitative estimate of drug-likeness (QED) is 0.0636. The topological polar surface area (TPSA) is 361 Å². The monoisotopic (exact) mass is 814 g/mol. The van der Waals surface area contributed by atoms with Gasteiger partial charge in [0.15, 0.2) is 10.9 Å². The fourth-order valence-electron chi connectivity index (χ4n) is 5.32. The van der Waals surface area contributed by atoms with E-state index in [0.29, 0.717) is 16.8 Å². The third kappa shape index (κ3) is 7.30. The molecule has 0 saturated carbocycles. The highest BCUT2D eigenvalue weighted by molar-refractivity contribution is 7.87. The molecule has 0 amide bonds. The number of ether oxygens (including phenoxy) is 1. The first-order valence-corrected chi connectivity index (χ1v) is 19.3. The Morgan fingerprint density at radius 2 is 1.30 bits per heavy atom. The second-order valence-electron chi connectivity index (χ2n) is 10.4. The fourth-order valence-corrected chi connectivity index (χ4v) is 8.54. The van der Waals surface area contributed by atoms with Gasteiger partial charge in [0.2, 0.25) is 0 Å². The van der Waals surface area contributed by atoms with Gasteiger partial charge in [-0.25, -0.2) is 8.42 Å². The summed E-state index contributed by atoms with van der Waals surface area (Å²) in [6.45, 7) is 0. The molecule has 0 unspecified atom stereocenters. The van der Waals surface area contributed by atoms with Crippen LogP contribution in [0.15, 0.2) is 86.6 Å². The first-order valence-electron chi connectivity index (χ1n) is 13.6.